The SMILES string of the molecule is O=C(NC[C@H](Cc1cc(F)ccc1F)C1CC1)c1noc(=O)[nH]1. The van der Waals surface area contributed by atoms with Crippen molar-refractivity contribution in [3.63, 3.8) is 0 Å². The molecule has 0 radical (unpaired) electrons. The van der Waals surface area contributed by atoms with E-state index in [1.807, 2.05) is 0 Å². The molecule has 6 nitrogen and oxygen atoms in total. The highest BCUT2D eigenvalue weighted by atomic mass is 19.1. The summed E-state index contributed by atoms with van der Waals surface area (Å²) in [6.45, 7) is 0.286. The number of amides is 1. The van der Waals surface area contributed by atoms with Gasteiger partial charge in [-0.2, -0.15) is 0 Å². The Labute approximate surface area is 129 Å². The number of nitrogens with one attached hydrogen (secondary N) is 2. The maximum Gasteiger partial charge on any atom is 0.439 e. The average Bonchev–Trinajstić information content (AvgIpc) is 3.27. The van der Waals surface area contributed by atoms with E-state index in [0.29, 0.717) is 17.9 Å². The van der Waals surface area contributed by atoms with Gasteiger partial charge in [0.2, 0.25) is 5.82 Å². The third-order valence-corrected chi connectivity index (χ3v) is 3.96. The number of hydrogen-bond donors (Lipinski definition) is 2. The van der Waals surface area contributed by atoms with Crippen molar-refractivity contribution in [3.05, 3.63) is 51.8 Å². The van der Waals surface area contributed by atoms with Crippen molar-refractivity contribution in [2.75, 3.05) is 6.54 Å². The Hall–Kier alpha value is -2.51. The van der Waals surface area contributed by atoms with Crippen molar-refractivity contribution >= 4 is 5.91 Å². The molecule has 0 aliphatic heterocycles. The van der Waals surface area contributed by atoms with E-state index in [-0.39, 0.29) is 18.3 Å². The van der Waals surface area contributed by atoms with Gasteiger partial charge in [-0.3, -0.25) is 14.3 Å². The number of aromatic nitrogens is 2. The van der Waals surface area contributed by atoms with E-state index in [9.17, 15) is 18.4 Å². The van der Waals surface area contributed by atoms with Gasteiger partial charge in [0, 0.05) is 6.54 Å². The molecule has 1 aromatic carbocycles. The first-order chi connectivity index (χ1) is 11.0. The Morgan fingerprint density at radius 3 is 2.87 bits per heavy atom. The van der Waals surface area contributed by atoms with Crippen LogP contribution in [0.4, 0.5) is 8.78 Å². The Morgan fingerprint density at radius 1 is 1.43 bits per heavy atom. The van der Waals surface area contributed by atoms with E-state index in [1.54, 1.807) is 0 Å². The number of H-pyrrole nitrogens is 1. The van der Waals surface area contributed by atoms with Crippen molar-refractivity contribution in [2.45, 2.75) is 19.3 Å². The van der Waals surface area contributed by atoms with Crippen molar-refractivity contribution in [2.24, 2.45) is 11.8 Å². The number of nitrogens with zero attached hydrogens (tertiary/aromatic N) is 1. The standard InChI is InChI=1S/C15H15F2N3O3/c16-11-3-4-12(17)9(6-11)5-10(8-1-2-8)7-18-14(21)13-19-15(22)23-20-13/h3-4,6,8,10H,1-2,5,7H2,(H,18,21)(H,19,20,22)/t10-/m0/s1. The second-order valence-corrected chi connectivity index (χ2v) is 5.69. The highest BCUT2D eigenvalue weighted by Gasteiger charge is 2.32. The van der Waals surface area contributed by atoms with Crippen LogP contribution in [0.1, 0.15) is 29.0 Å². The second kappa shape index (κ2) is 6.31. The molecule has 1 aromatic heterocycles. The van der Waals surface area contributed by atoms with Crippen LogP contribution in [-0.4, -0.2) is 22.6 Å². The highest BCUT2D eigenvalue weighted by molar-refractivity contribution is 5.90. The molecular weight excluding hydrogens is 308 g/mol. The summed E-state index contributed by atoms with van der Waals surface area (Å²) in [4.78, 5) is 24.8. The normalized spacial score (nSPS) is 15.4. The first kappa shape index (κ1) is 15.4. The Balaban J connectivity index is 1.64. The lowest BCUT2D eigenvalue weighted by Gasteiger charge is -2.17. The molecule has 0 spiro atoms. The summed E-state index contributed by atoms with van der Waals surface area (Å²) < 4.78 is 31.3. The summed E-state index contributed by atoms with van der Waals surface area (Å²) in [6, 6.07) is 3.36. The molecule has 1 aliphatic rings. The van der Waals surface area contributed by atoms with Gasteiger partial charge in [0.25, 0.3) is 5.91 Å². The van der Waals surface area contributed by atoms with Crippen LogP contribution in [0, 0.1) is 23.5 Å². The lowest BCUT2D eigenvalue weighted by Crippen LogP contribution is -2.32. The molecule has 122 valence electrons. The van der Waals surface area contributed by atoms with E-state index in [1.165, 1.54) is 6.07 Å². The van der Waals surface area contributed by atoms with Gasteiger partial charge in [-0.05, 0) is 60.0 Å². The number of benzene rings is 1. The van der Waals surface area contributed by atoms with Crippen LogP contribution < -0.4 is 11.1 Å². The van der Waals surface area contributed by atoms with Crippen LogP contribution in [0.25, 0.3) is 0 Å². The zero-order chi connectivity index (χ0) is 16.4. The first-order valence-electron chi connectivity index (χ1n) is 7.31. The van der Waals surface area contributed by atoms with Gasteiger partial charge < -0.3 is 5.32 Å². The molecular formula is C15H15F2N3O3. The number of rotatable bonds is 6. The quantitative estimate of drug-likeness (QED) is 0.846. The van der Waals surface area contributed by atoms with Crippen LogP contribution >= 0.6 is 0 Å². The molecule has 23 heavy (non-hydrogen) atoms. The fraction of sp³-hybridized carbons (Fsp3) is 0.400. The van der Waals surface area contributed by atoms with Crippen LogP contribution in [0.5, 0.6) is 0 Å². The van der Waals surface area contributed by atoms with Crippen LogP contribution in [0.15, 0.2) is 27.5 Å². The minimum Gasteiger partial charge on any atom is -0.349 e. The van der Waals surface area contributed by atoms with Gasteiger partial charge in [-0.25, -0.2) is 13.6 Å². The summed E-state index contributed by atoms with van der Waals surface area (Å²) in [5, 5.41) is 5.94. The number of carbonyl (C=O) groups excluding carboxylic acids is 1. The number of carbonyl (C=O) groups is 1. The van der Waals surface area contributed by atoms with Gasteiger partial charge in [0.05, 0.1) is 0 Å². The topological polar surface area (TPSA) is 88.0 Å². The molecule has 1 amide bonds. The summed E-state index contributed by atoms with van der Waals surface area (Å²) in [6.07, 6.45) is 2.33. The van der Waals surface area contributed by atoms with E-state index < -0.39 is 23.3 Å². The van der Waals surface area contributed by atoms with Gasteiger partial charge in [0.15, 0.2) is 0 Å². The third-order valence-electron chi connectivity index (χ3n) is 3.96. The summed E-state index contributed by atoms with van der Waals surface area (Å²) in [5.41, 5.74) is 0.297. The fourth-order valence-electron chi connectivity index (χ4n) is 2.59. The minimum absolute atomic E-state index is 0.00567. The third kappa shape index (κ3) is 3.82. The lowest BCUT2D eigenvalue weighted by molar-refractivity contribution is 0.0932. The monoisotopic (exact) mass is 323 g/mol. The van der Waals surface area contributed by atoms with E-state index in [0.717, 1.165) is 25.0 Å². The molecule has 0 saturated heterocycles. The average molecular weight is 323 g/mol. The molecule has 1 heterocycles. The molecule has 0 unspecified atom stereocenters. The number of aromatic amines is 1. The maximum atomic E-state index is 13.8. The molecule has 1 aliphatic carbocycles. The second-order valence-electron chi connectivity index (χ2n) is 5.69. The van der Waals surface area contributed by atoms with Gasteiger partial charge >= 0.3 is 5.76 Å². The summed E-state index contributed by atoms with van der Waals surface area (Å²) >= 11 is 0. The number of halogens is 2. The molecule has 8 heteroatoms. The van der Waals surface area contributed by atoms with Gasteiger partial charge in [0.1, 0.15) is 11.6 Å². The van der Waals surface area contributed by atoms with Crippen LogP contribution in [0.2, 0.25) is 0 Å². The first-order valence-corrected chi connectivity index (χ1v) is 7.31. The zero-order valence-electron chi connectivity index (χ0n) is 12.1. The molecule has 3 rings (SSSR count). The van der Waals surface area contributed by atoms with E-state index >= 15 is 0 Å². The predicted octanol–water partition coefficient (Wildman–Crippen LogP) is 1.64. The Kier molecular flexibility index (Phi) is 4.22. The fourth-order valence-corrected chi connectivity index (χ4v) is 2.59. The lowest BCUT2D eigenvalue weighted by atomic mass is 9.94. The van der Waals surface area contributed by atoms with Crippen molar-refractivity contribution < 1.29 is 18.1 Å². The Bertz CT molecular complexity index is 767. The molecule has 0 bridgehead atoms. The highest BCUT2D eigenvalue weighted by Crippen LogP contribution is 2.38. The minimum atomic E-state index is -0.810. The van der Waals surface area contributed by atoms with Crippen molar-refractivity contribution in [1.29, 1.82) is 0 Å². The molecule has 2 N–H and O–H groups in total. The molecule has 1 fully saturated rings. The van der Waals surface area contributed by atoms with Gasteiger partial charge in [-0.15, -0.1) is 0 Å². The number of hydrogen-bond acceptors (Lipinski definition) is 4. The van der Waals surface area contributed by atoms with Crippen molar-refractivity contribution in [3.8, 4) is 0 Å². The molecule has 1 saturated carbocycles. The van der Waals surface area contributed by atoms with Gasteiger partial charge in [-0.1, -0.05) is 0 Å². The summed E-state index contributed by atoms with van der Waals surface area (Å²) in [5.74, 6) is -2.16. The van der Waals surface area contributed by atoms with Crippen LogP contribution in [0.3, 0.4) is 0 Å². The maximum absolute atomic E-state index is 13.8. The van der Waals surface area contributed by atoms with E-state index in [2.05, 4.69) is 20.0 Å². The smallest absolute Gasteiger partial charge is 0.349 e. The zero-order valence-corrected chi connectivity index (χ0v) is 12.1. The van der Waals surface area contributed by atoms with Crippen molar-refractivity contribution in [1.82, 2.24) is 15.5 Å². The largest absolute Gasteiger partial charge is 0.439 e. The Morgan fingerprint density at radius 2 is 2.22 bits per heavy atom. The van der Waals surface area contributed by atoms with Crippen LogP contribution in [-0.2, 0) is 6.42 Å². The van der Waals surface area contributed by atoms with E-state index in [4.69, 9.17) is 0 Å². The predicted molar refractivity (Wildman–Crippen MR) is 75.7 cm³/mol. The summed E-state index contributed by atoms with van der Waals surface area (Å²) in [7, 11) is 0. The molecule has 1 atom stereocenters. The molecule has 2 aromatic rings.